The molecule has 0 saturated heterocycles. The zero-order valence-corrected chi connectivity index (χ0v) is 12.4. The molecule has 0 radical (unpaired) electrons. The summed E-state index contributed by atoms with van der Waals surface area (Å²) in [6, 6.07) is 10.7. The molecule has 20 heavy (non-hydrogen) atoms. The van der Waals surface area contributed by atoms with Crippen molar-refractivity contribution in [1.82, 2.24) is 4.90 Å². The summed E-state index contributed by atoms with van der Waals surface area (Å²) in [6.45, 7) is 2.11. The maximum atomic E-state index is 8.87. The molecule has 0 spiro atoms. The van der Waals surface area contributed by atoms with Crippen molar-refractivity contribution < 1.29 is 0 Å². The maximum Gasteiger partial charge on any atom is 0.0992 e. The summed E-state index contributed by atoms with van der Waals surface area (Å²) in [7, 11) is 2.26. The van der Waals surface area contributed by atoms with Crippen molar-refractivity contribution in [2.45, 2.75) is 44.6 Å². The number of hydrogen-bond donors (Lipinski definition) is 1. The van der Waals surface area contributed by atoms with E-state index in [0.29, 0.717) is 5.56 Å². The van der Waals surface area contributed by atoms with Gasteiger partial charge in [0, 0.05) is 18.3 Å². The van der Waals surface area contributed by atoms with Crippen LogP contribution >= 0.6 is 0 Å². The van der Waals surface area contributed by atoms with Gasteiger partial charge in [0.25, 0.3) is 0 Å². The molecule has 3 heteroatoms. The Morgan fingerprint density at radius 2 is 2.10 bits per heavy atom. The van der Waals surface area contributed by atoms with Gasteiger partial charge in [-0.05, 0) is 51.1 Å². The van der Waals surface area contributed by atoms with Crippen molar-refractivity contribution >= 4 is 5.69 Å². The molecule has 1 saturated carbocycles. The van der Waals surface area contributed by atoms with Crippen LogP contribution in [0.3, 0.4) is 0 Å². The first-order chi connectivity index (χ1) is 9.79. The van der Waals surface area contributed by atoms with Gasteiger partial charge in [-0.1, -0.05) is 25.3 Å². The zero-order chi connectivity index (χ0) is 14.2. The van der Waals surface area contributed by atoms with Crippen molar-refractivity contribution in [2.75, 3.05) is 25.5 Å². The Morgan fingerprint density at radius 3 is 2.85 bits per heavy atom. The van der Waals surface area contributed by atoms with E-state index in [-0.39, 0.29) is 0 Å². The van der Waals surface area contributed by atoms with Crippen LogP contribution in [0.1, 0.15) is 44.1 Å². The molecule has 1 aromatic rings. The van der Waals surface area contributed by atoms with Gasteiger partial charge in [0.05, 0.1) is 11.6 Å². The van der Waals surface area contributed by atoms with Crippen LogP contribution in [-0.2, 0) is 0 Å². The molecule has 1 aliphatic carbocycles. The minimum atomic E-state index is 0.717. The molecule has 0 bridgehead atoms. The molecule has 1 aromatic carbocycles. The fourth-order valence-corrected chi connectivity index (χ4v) is 2.96. The van der Waals surface area contributed by atoms with E-state index >= 15 is 0 Å². The van der Waals surface area contributed by atoms with Crippen LogP contribution in [-0.4, -0.2) is 31.1 Å². The first kappa shape index (κ1) is 14.9. The molecule has 0 amide bonds. The van der Waals surface area contributed by atoms with Crippen LogP contribution in [0, 0.1) is 11.3 Å². The average Bonchev–Trinajstić information content (AvgIpc) is 2.52. The second-order valence-electron chi connectivity index (χ2n) is 5.75. The Balaban J connectivity index is 1.66. The van der Waals surface area contributed by atoms with Gasteiger partial charge < -0.3 is 10.2 Å². The Bertz CT molecular complexity index is 444. The van der Waals surface area contributed by atoms with Crippen LogP contribution in [0.5, 0.6) is 0 Å². The Kier molecular flexibility index (Phi) is 5.88. The quantitative estimate of drug-likeness (QED) is 0.803. The highest BCUT2D eigenvalue weighted by atomic mass is 15.1. The third-order valence-electron chi connectivity index (χ3n) is 4.21. The summed E-state index contributed by atoms with van der Waals surface area (Å²) in [4.78, 5) is 2.52. The van der Waals surface area contributed by atoms with Crippen molar-refractivity contribution in [3.8, 4) is 6.07 Å². The fourth-order valence-electron chi connectivity index (χ4n) is 2.96. The molecule has 1 aliphatic rings. The molecular weight excluding hydrogens is 246 g/mol. The van der Waals surface area contributed by atoms with E-state index in [4.69, 9.17) is 5.26 Å². The predicted octanol–water partition coefficient (Wildman–Crippen LogP) is 3.62. The van der Waals surface area contributed by atoms with E-state index < -0.39 is 0 Å². The second-order valence-corrected chi connectivity index (χ2v) is 5.75. The van der Waals surface area contributed by atoms with Gasteiger partial charge in [-0.15, -0.1) is 0 Å². The van der Waals surface area contributed by atoms with E-state index in [1.54, 1.807) is 0 Å². The van der Waals surface area contributed by atoms with Gasteiger partial charge >= 0.3 is 0 Å². The summed E-state index contributed by atoms with van der Waals surface area (Å²) in [5.41, 5.74) is 1.76. The smallest absolute Gasteiger partial charge is 0.0992 e. The molecule has 1 fully saturated rings. The van der Waals surface area contributed by atoms with Crippen molar-refractivity contribution in [1.29, 1.82) is 5.26 Å². The van der Waals surface area contributed by atoms with Crippen molar-refractivity contribution in [2.24, 2.45) is 0 Å². The molecule has 108 valence electrons. The number of rotatable bonds is 6. The highest BCUT2D eigenvalue weighted by Crippen LogP contribution is 2.21. The number of nitrogens with one attached hydrogen (secondary N) is 1. The van der Waals surface area contributed by atoms with E-state index in [9.17, 15) is 0 Å². The fraction of sp³-hybridized carbons (Fsp3) is 0.588. The molecule has 3 nitrogen and oxygen atoms in total. The normalized spacial score (nSPS) is 16.1. The molecule has 2 rings (SSSR count). The number of hydrogen-bond acceptors (Lipinski definition) is 3. The largest absolute Gasteiger partial charge is 0.385 e. The molecule has 0 unspecified atom stereocenters. The minimum Gasteiger partial charge on any atom is -0.385 e. The number of nitriles is 1. The van der Waals surface area contributed by atoms with Crippen LogP contribution in [0.15, 0.2) is 24.3 Å². The van der Waals surface area contributed by atoms with Crippen LogP contribution < -0.4 is 5.32 Å². The predicted molar refractivity (Wildman–Crippen MR) is 83.8 cm³/mol. The molecule has 1 N–H and O–H groups in total. The first-order valence-corrected chi connectivity index (χ1v) is 7.74. The summed E-state index contributed by atoms with van der Waals surface area (Å²) >= 11 is 0. The van der Waals surface area contributed by atoms with E-state index in [0.717, 1.165) is 31.2 Å². The Hall–Kier alpha value is -1.53. The van der Waals surface area contributed by atoms with Gasteiger partial charge in [-0.25, -0.2) is 0 Å². The van der Waals surface area contributed by atoms with Gasteiger partial charge in [-0.2, -0.15) is 5.26 Å². The highest BCUT2D eigenvalue weighted by Gasteiger charge is 2.17. The van der Waals surface area contributed by atoms with Gasteiger partial charge in [0.2, 0.25) is 0 Å². The molecule has 0 aliphatic heterocycles. The highest BCUT2D eigenvalue weighted by molar-refractivity contribution is 5.48. The van der Waals surface area contributed by atoms with E-state index in [2.05, 4.69) is 23.3 Å². The summed E-state index contributed by atoms with van der Waals surface area (Å²) < 4.78 is 0. The first-order valence-electron chi connectivity index (χ1n) is 7.74. The van der Waals surface area contributed by atoms with Crippen LogP contribution in [0.4, 0.5) is 5.69 Å². The summed E-state index contributed by atoms with van der Waals surface area (Å²) in [5.74, 6) is 0. The standard InChI is InChI=1S/C17H25N3/c1-20(17-9-3-2-4-10-17)12-6-11-19-16-8-5-7-15(13-16)14-18/h5,7-8,13,17,19H,2-4,6,9-12H2,1H3. The number of benzene rings is 1. The average molecular weight is 271 g/mol. The molecule has 0 atom stereocenters. The molecular formula is C17H25N3. The van der Waals surface area contributed by atoms with Crippen molar-refractivity contribution in [3.63, 3.8) is 0 Å². The van der Waals surface area contributed by atoms with E-state index in [1.807, 2.05) is 24.3 Å². The minimum absolute atomic E-state index is 0.717. The lowest BCUT2D eigenvalue weighted by molar-refractivity contribution is 0.191. The molecule has 0 aromatic heterocycles. The third kappa shape index (κ3) is 4.54. The third-order valence-corrected chi connectivity index (χ3v) is 4.21. The van der Waals surface area contributed by atoms with E-state index in [1.165, 1.54) is 32.1 Å². The SMILES string of the molecule is CN(CCCNc1cccc(C#N)c1)C1CCCCC1. The monoisotopic (exact) mass is 271 g/mol. The lowest BCUT2D eigenvalue weighted by Crippen LogP contribution is -2.34. The topological polar surface area (TPSA) is 39.1 Å². The van der Waals surface area contributed by atoms with Crippen LogP contribution in [0.25, 0.3) is 0 Å². The lowest BCUT2D eigenvalue weighted by atomic mass is 9.94. The summed E-state index contributed by atoms with van der Waals surface area (Å²) in [5, 5.41) is 12.3. The Labute approximate surface area is 122 Å². The van der Waals surface area contributed by atoms with Crippen LogP contribution in [0.2, 0.25) is 0 Å². The Morgan fingerprint density at radius 1 is 1.30 bits per heavy atom. The lowest BCUT2D eigenvalue weighted by Gasteiger charge is -2.31. The molecule has 0 heterocycles. The van der Waals surface area contributed by atoms with Crippen molar-refractivity contribution in [3.05, 3.63) is 29.8 Å². The van der Waals surface area contributed by atoms with Gasteiger partial charge in [0.15, 0.2) is 0 Å². The summed E-state index contributed by atoms with van der Waals surface area (Å²) in [6.07, 6.45) is 8.09. The van der Waals surface area contributed by atoms with Gasteiger partial charge in [0.1, 0.15) is 0 Å². The second kappa shape index (κ2) is 7.91. The number of nitrogens with zero attached hydrogens (tertiary/aromatic N) is 2. The van der Waals surface area contributed by atoms with Gasteiger partial charge in [-0.3, -0.25) is 0 Å². The zero-order valence-electron chi connectivity index (χ0n) is 12.4. The number of anilines is 1. The maximum absolute atomic E-state index is 8.87.